The summed E-state index contributed by atoms with van der Waals surface area (Å²) < 4.78 is 4.84. The van der Waals surface area contributed by atoms with Gasteiger partial charge in [0, 0.05) is 18.1 Å². The summed E-state index contributed by atoms with van der Waals surface area (Å²) >= 11 is 1.72. The third kappa shape index (κ3) is 3.68. The second-order valence-electron chi connectivity index (χ2n) is 3.48. The van der Waals surface area contributed by atoms with Crippen molar-refractivity contribution in [2.45, 2.75) is 13.0 Å². The van der Waals surface area contributed by atoms with E-state index in [-0.39, 0.29) is 24.5 Å². The van der Waals surface area contributed by atoms with Crippen LogP contribution in [0.5, 0.6) is 0 Å². The molecule has 1 atom stereocenters. The summed E-state index contributed by atoms with van der Waals surface area (Å²) in [4.78, 5) is 24.8. The van der Waals surface area contributed by atoms with E-state index in [2.05, 4.69) is 5.32 Å². The van der Waals surface area contributed by atoms with Crippen LogP contribution in [0.15, 0.2) is 0 Å². The van der Waals surface area contributed by atoms with E-state index in [1.807, 2.05) is 0 Å². The van der Waals surface area contributed by atoms with Crippen molar-refractivity contribution in [1.29, 1.82) is 0 Å². The fourth-order valence-electron chi connectivity index (χ4n) is 1.50. The molecule has 0 spiro atoms. The van der Waals surface area contributed by atoms with Gasteiger partial charge in [-0.1, -0.05) is 0 Å². The van der Waals surface area contributed by atoms with E-state index >= 15 is 0 Å². The van der Waals surface area contributed by atoms with Gasteiger partial charge in [0.1, 0.15) is 6.54 Å². The van der Waals surface area contributed by atoms with Gasteiger partial charge in [0.25, 0.3) is 0 Å². The molecular formula is C10H18N2O3S. The van der Waals surface area contributed by atoms with Crippen LogP contribution in [-0.4, -0.2) is 61.1 Å². The predicted molar refractivity (Wildman–Crippen MR) is 63.4 cm³/mol. The number of rotatable bonds is 4. The Balaban J connectivity index is 2.55. The molecule has 1 saturated heterocycles. The number of hydrogen-bond donors (Lipinski definition) is 1. The molecule has 0 aliphatic carbocycles. The van der Waals surface area contributed by atoms with Gasteiger partial charge >= 0.3 is 5.97 Å². The molecule has 0 bridgehead atoms. The summed E-state index contributed by atoms with van der Waals surface area (Å²) in [7, 11) is 1.76. The lowest BCUT2D eigenvalue weighted by Gasteiger charge is -2.22. The molecule has 0 radical (unpaired) electrons. The molecule has 1 rings (SSSR count). The highest BCUT2D eigenvalue weighted by Gasteiger charge is 2.27. The van der Waals surface area contributed by atoms with Crippen molar-refractivity contribution in [2.75, 3.05) is 38.2 Å². The number of amides is 1. The molecule has 1 unspecified atom stereocenters. The molecule has 16 heavy (non-hydrogen) atoms. The first-order valence-corrected chi connectivity index (χ1v) is 6.54. The minimum absolute atomic E-state index is 0.0134. The zero-order valence-corrected chi connectivity index (χ0v) is 10.5. The van der Waals surface area contributed by atoms with Crippen LogP contribution in [0, 0.1) is 0 Å². The van der Waals surface area contributed by atoms with Crippen molar-refractivity contribution in [2.24, 2.45) is 0 Å². The molecule has 1 aliphatic rings. The molecule has 0 saturated carbocycles. The highest BCUT2D eigenvalue weighted by molar-refractivity contribution is 7.99. The van der Waals surface area contributed by atoms with Gasteiger partial charge in [-0.15, -0.1) is 0 Å². The highest BCUT2D eigenvalue weighted by Crippen LogP contribution is 2.11. The van der Waals surface area contributed by atoms with Crippen LogP contribution in [0.1, 0.15) is 6.92 Å². The molecular weight excluding hydrogens is 228 g/mol. The minimum atomic E-state index is -0.336. The first-order valence-electron chi connectivity index (χ1n) is 5.38. The van der Waals surface area contributed by atoms with Crippen molar-refractivity contribution in [3.63, 3.8) is 0 Å². The Morgan fingerprint density at radius 2 is 2.44 bits per heavy atom. The molecule has 0 aromatic rings. The zero-order chi connectivity index (χ0) is 12.0. The number of ether oxygens (including phenoxy) is 1. The Morgan fingerprint density at radius 3 is 3.06 bits per heavy atom. The van der Waals surface area contributed by atoms with E-state index < -0.39 is 0 Å². The van der Waals surface area contributed by atoms with Crippen LogP contribution in [0.3, 0.4) is 0 Å². The van der Waals surface area contributed by atoms with Crippen molar-refractivity contribution >= 4 is 23.6 Å². The topological polar surface area (TPSA) is 58.6 Å². The van der Waals surface area contributed by atoms with Gasteiger partial charge in [0.2, 0.25) is 5.91 Å². The lowest BCUT2D eigenvalue weighted by atomic mass is 10.3. The van der Waals surface area contributed by atoms with Gasteiger partial charge in [0.05, 0.1) is 12.6 Å². The summed E-state index contributed by atoms with van der Waals surface area (Å²) in [6.45, 7) is 2.78. The van der Waals surface area contributed by atoms with E-state index in [9.17, 15) is 9.59 Å². The predicted octanol–water partition coefficient (Wildman–Crippen LogP) is -0.287. The lowest BCUT2D eigenvalue weighted by Crippen LogP contribution is -2.47. The zero-order valence-electron chi connectivity index (χ0n) is 9.69. The normalized spacial score (nSPS) is 21.8. The molecule has 1 fully saturated rings. The van der Waals surface area contributed by atoms with Gasteiger partial charge < -0.3 is 15.0 Å². The van der Waals surface area contributed by atoms with Crippen LogP contribution in [0.2, 0.25) is 0 Å². The van der Waals surface area contributed by atoms with Crippen LogP contribution >= 0.6 is 11.8 Å². The first kappa shape index (κ1) is 13.3. The molecule has 0 aromatic heterocycles. The average Bonchev–Trinajstić information content (AvgIpc) is 2.42. The molecule has 0 aromatic carbocycles. The number of likely N-dealkylation sites (N-methyl/N-ethyl adjacent to an activating group) is 1. The molecule has 1 amide bonds. The SMILES string of the molecule is CCOC(=O)CN1CCSCC(NC)C1=O. The minimum Gasteiger partial charge on any atom is -0.465 e. The average molecular weight is 246 g/mol. The Morgan fingerprint density at radius 1 is 1.69 bits per heavy atom. The molecule has 1 N–H and O–H groups in total. The summed E-state index contributed by atoms with van der Waals surface area (Å²) in [5.74, 6) is 1.27. The second-order valence-corrected chi connectivity index (χ2v) is 4.63. The molecule has 6 heteroatoms. The van der Waals surface area contributed by atoms with Crippen LogP contribution < -0.4 is 5.32 Å². The molecule has 92 valence electrons. The van der Waals surface area contributed by atoms with Gasteiger partial charge in [-0.2, -0.15) is 11.8 Å². The van der Waals surface area contributed by atoms with Crippen molar-refractivity contribution in [3.05, 3.63) is 0 Å². The number of nitrogens with zero attached hydrogens (tertiary/aromatic N) is 1. The Bertz CT molecular complexity index is 260. The summed E-state index contributed by atoms with van der Waals surface area (Å²) in [5, 5.41) is 2.96. The maximum Gasteiger partial charge on any atom is 0.325 e. The first-order chi connectivity index (χ1) is 7.69. The van der Waals surface area contributed by atoms with E-state index in [0.29, 0.717) is 13.2 Å². The highest BCUT2D eigenvalue weighted by atomic mass is 32.2. The van der Waals surface area contributed by atoms with Gasteiger partial charge in [-0.3, -0.25) is 9.59 Å². The van der Waals surface area contributed by atoms with Crippen molar-refractivity contribution in [1.82, 2.24) is 10.2 Å². The van der Waals surface area contributed by atoms with Gasteiger partial charge in [0.15, 0.2) is 0 Å². The van der Waals surface area contributed by atoms with Gasteiger partial charge in [-0.25, -0.2) is 0 Å². The maximum atomic E-state index is 12.0. The van der Waals surface area contributed by atoms with Crippen LogP contribution in [0.25, 0.3) is 0 Å². The third-order valence-electron chi connectivity index (χ3n) is 2.37. The van der Waals surface area contributed by atoms with Crippen molar-refractivity contribution < 1.29 is 14.3 Å². The third-order valence-corrected chi connectivity index (χ3v) is 3.41. The number of carbonyl (C=O) groups is 2. The molecule has 1 heterocycles. The van der Waals surface area contributed by atoms with Crippen LogP contribution in [0.4, 0.5) is 0 Å². The summed E-state index contributed by atoms with van der Waals surface area (Å²) in [6.07, 6.45) is 0. The van der Waals surface area contributed by atoms with Gasteiger partial charge in [-0.05, 0) is 14.0 Å². The fraction of sp³-hybridized carbons (Fsp3) is 0.800. The lowest BCUT2D eigenvalue weighted by molar-refractivity contribution is -0.149. The van der Waals surface area contributed by atoms with Crippen LogP contribution in [-0.2, 0) is 14.3 Å². The number of carbonyl (C=O) groups excluding carboxylic acids is 2. The van der Waals surface area contributed by atoms with E-state index in [1.165, 1.54) is 0 Å². The standard InChI is InChI=1S/C10H18N2O3S/c1-3-15-9(13)6-12-4-5-16-7-8(11-2)10(12)14/h8,11H,3-7H2,1-2H3. The molecule has 5 nitrogen and oxygen atoms in total. The Labute approximate surface area is 99.9 Å². The number of esters is 1. The quantitative estimate of drug-likeness (QED) is 0.691. The number of thioether (sulfide) groups is 1. The largest absolute Gasteiger partial charge is 0.465 e. The fourth-order valence-corrected chi connectivity index (χ4v) is 2.57. The smallest absolute Gasteiger partial charge is 0.325 e. The van der Waals surface area contributed by atoms with E-state index in [1.54, 1.807) is 30.6 Å². The Kier molecular flexibility index (Phi) is 5.62. The Hall–Kier alpha value is -0.750. The monoisotopic (exact) mass is 246 g/mol. The number of nitrogens with one attached hydrogen (secondary N) is 1. The summed E-state index contributed by atoms with van der Waals surface area (Å²) in [6, 6.07) is -0.193. The summed E-state index contributed by atoms with van der Waals surface area (Å²) in [5.41, 5.74) is 0. The maximum absolute atomic E-state index is 12.0. The second kappa shape index (κ2) is 6.75. The van der Waals surface area contributed by atoms with Crippen molar-refractivity contribution in [3.8, 4) is 0 Å². The number of hydrogen-bond acceptors (Lipinski definition) is 5. The molecule has 1 aliphatic heterocycles. The van der Waals surface area contributed by atoms with E-state index in [4.69, 9.17) is 4.74 Å². The van der Waals surface area contributed by atoms with E-state index in [0.717, 1.165) is 11.5 Å².